The summed E-state index contributed by atoms with van der Waals surface area (Å²) in [5.74, 6) is 0.653. The predicted octanol–water partition coefficient (Wildman–Crippen LogP) is 4.30. The van der Waals surface area contributed by atoms with Crippen LogP contribution in [0, 0.1) is 6.92 Å². The molecule has 1 heterocycles. The Morgan fingerprint density at radius 3 is 2.40 bits per heavy atom. The van der Waals surface area contributed by atoms with Gasteiger partial charge < -0.3 is 10.2 Å². The van der Waals surface area contributed by atoms with Crippen molar-refractivity contribution >= 4 is 41.3 Å². The monoisotopic (exact) mass is 484 g/mol. The summed E-state index contributed by atoms with van der Waals surface area (Å²) >= 11 is 1.59. The number of benzene rings is 1. The third-order valence-corrected chi connectivity index (χ3v) is 4.19. The summed E-state index contributed by atoms with van der Waals surface area (Å²) in [6.07, 6.45) is -4.31. The first-order valence-corrected chi connectivity index (χ1v) is 8.16. The van der Waals surface area contributed by atoms with Crippen molar-refractivity contribution in [3.63, 3.8) is 0 Å². The van der Waals surface area contributed by atoms with Gasteiger partial charge in [0.25, 0.3) is 0 Å². The van der Waals surface area contributed by atoms with E-state index in [1.54, 1.807) is 18.4 Å². The molecule has 0 fully saturated rings. The summed E-state index contributed by atoms with van der Waals surface area (Å²) in [7, 11) is 3.55. The predicted molar refractivity (Wildman–Crippen MR) is 105 cm³/mol. The normalized spacial score (nSPS) is 11.8. The van der Waals surface area contributed by atoms with Crippen molar-refractivity contribution in [3.8, 4) is 0 Å². The second-order valence-corrected chi connectivity index (χ2v) is 6.37. The molecule has 2 rings (SSSR count). The van der Waals surface area contributed by atoms with Crippen LogP contribution in [0.2, 0.25) is 0 Å². The van der Waals surface area contributed by atoms with Gasteiger partial charge >= 0.3 is 6.18 Å². The molecule has 0 spiro atoms. The van der Waals surface area contributed by atoms with Crippen LogP contribution in [0.5, 0.6) is 0 Å². The highest BCUT2D eigenvalue weighted by Gasteiger charge is 2.29. The van der Waals surface area contributed by atoms with E-state index in [-0.39, 0.29) is 24.0 Å². The van der Waals surface area contributed by atoms with E-state index < -0.39 is 11.7 Å². The van der Waals surface area contributed by atoms with E-state index in [1.807, 2.05) is 24.3 Å². The number of aryl methyl sites for hydroxylation is 1. The average Bonchev–Trinajstić information content (AvgIpc) is 2.92. The second-order valence-electron chi connectivity index (χ2n) is 5.31. The summed E-state index contributed by atoms with van der Waals surface area (Å²) in [4.78, 5) is 10.5. The van der Waals surface area contributed by atoms with Gasteiger partial charge in [0.15, 0.2) is 5.96 Å². The van der Waals surface area contributed by atoms with Crippen LogP contribution in [0.3, 0.4) is 0 Å². The molecule has 1 aromatic carbocycles. The van der Waals surface area contributed by atoms with Gasteiger partial charge in [0.2, 0.25) is 0 Å². The number of aliphatic imine (C=N–C) groups is 1. The number of halogens is 4. The molecule has 0 bridgehead atoms. The molecule has 0 radical (unpaired) electrons. The lowest BCUT2D eigenvalue weighted by Crippen LogP contribution is -2.38. The van der Waals surface area contributed by atoms with E-state index in [4.69, 9.17) is 0 Å². The Balaban J connectivity index is 0.00000312. The van der Waals surface area contributed by atoms with E-state index in [1.165, 1.54) is 12.1 Å². The average molecular weight is 484 g/mol. The number of hydrogen-bond donors (Lipinski definition) is 1. The van der Waals surface area contributed by atoms with Crippen LogP contribution < -0.4 is 5.32 Å². The van der Waals surface area contributed by atoms with Crippen LogP contribution in [0.25, 0.3) is 0 Å². The van der Waals surface area contributed by atoms with E-state index in [2.05, 4.69) is 15.3 Å². The first-order valence-electron chi connectivity index (χ1n) is 7.28. The molecule has 0 aliphatic heterocycles. The summed E-state index contributed by atoms with van der Waals surface area (Å²) in [5, 5.41) is 6.14. The molecule has 1 aromatic heterocycles. The molecule has 4 nitrogen and oxygen atoms in total. The molecule has 0 saturated carbocycles. The van der Waals surface area contributed by atoms with Crippen molar-refractivity contribution in [1.82, 2.24) is 15.2 Å². The van der Waals surface area contributed by atoms with Crippen LogP contribution in [-0.4, -0.2) is 29.9 Å². The van der Waals surface area contributed by atoms with Gasteiger partial charge in [0, 0.05) is 26.0 Å². The van der Waals surface area contributed by atoms with Crippen molar-refractivity contribution in [2.45, 2.75) is 26.2 Å². The molecule has 138 valence electrons. The van der Waals surface area contributed by atoms with E-state index in [0.29, 0.717) is 19.0 Å². The van der Waals surface area contributed by atoms with E-state index in [0.717, 1.165) is 28.4 Å². The fraction of sp³-hybridized carbons (Fsp3) is 0.375. The van der Waals surface area contributed by atoms with Gasteiger partial charge in [-0.1, -0.05) is 12.1 Å². The van der Waals surface area contributed by atoms with Crippen LogP contribution in [0.4, 0.5) is 13.2 Å². The highest BCUT2D eigenvalue weighted by Crippen LogP contribution is 2.29. The van der Waals surface area contributed by atoms with Gasteiger partial charge in [-0.05, 0) is 24.6 Å². The fourth-order valence-corrected chi connectivity index (χ4v) is 2.78. The van der Waals surface area contributed by atoms with Gasteiger partial charge in [0.05, 0.1) is 22.8 Å². The molecule has 25 heavy (non-hydrogen) atoms. The number of hydrogen-bond acceptors (Lipinski definition) is 3. The van der Waals surface area contributed by atoms with Crippen molar-refractivity contribution in [2.75, 3.05) is 14.1 Å². The van der Waals surface area contributed by atoms with Crippen molar-refractivity contribution in [1.29, 1.82) is 0 Å². The molecule has 0 aliphatic rings. The van der Waals surface area contributed by atoms with Crippen LogP contribution in [0.1, 0.15) is 21.8 Å². The molecule has 0 saturated heterocycles. The Morgan fingerprint density at radius 1 is 1.28 bits per heavy atom. The highest BCUT2D eigenvalue weighted by atomic mass is 127. The number of rotatable bonds is 4. The number of aromatic nitrogens is 1. The lowest BCUT2D eigenvalue weighted by Gasteiger charge is -2.21. The lowest BCUT2D eigenvalue weighted by atomic mass is 10.1. The minimum Gasteiger partial charge on any atom is -0.352 e. The largest absolute Gasteiger partial charge is 0.416 e. The number of thiazole rings is 1. The molecule has 0 amide bonds. The molecule has 2 aromatic rings. The topological polar surface area (TPSA) is 40.5 Å². The van der Waals surface area contributed by atoms with Gasteiger partial charge in [-0.3, -0.25) is 4.99 Å². The maximum Gasteiger partial charge on any atom is 0.416 e. The number of guanidine groups is 1. The Kier molecular flexibility index (Phi) is 8.13. The van der Waals surface area contributed by atoms with Crippen LogP contribution in [-0.2, 0) is 19.3 Å². The Bertz CT molecular complexity index is 698. The SMILES string of the molecule is CN=C(NCc1ccc(C(F)(F)F)cc1)N(C)Cc1csc(C)n1.I. The Labute approximate surface area is 166 Å². The van der Waals surface area contributed by atoms with Crippen molar-refractivity contribution in [3.05, 3.63) is 51.5 Å². The van der Waals surface area contributed by atoms with Crippen molar-refractivity contribution in [2.24, 2.45) is 4.99 Å². The van der Waals surface area contributed by atoms with Crippen LogP contribution >= 0.6 is 35.3 Å². The minimum absolute atomic E-state index is 0. The molecule has 0 unspecified atom stereocenters. The van der Waals surface area contributed by atoms with E-state index in [9.17, 15) is 13.2 Å². The molecule has 0 atom stereocenters. The zero-order valence-corrected chi connectivity index (χ0v) is 17.2. The summed E-state index contributed by atoms with van der Waals surface area (Å²) in [6.45, 7) is 2.95. The van der Waals surface area contributed by atoms with Gasteiger partial charge in [-0.25, -0.2) is 4.98 Å². The third-order valence-electron chi connectivity index (χ3n) is 3.37. The Hall–Kier alpha value is -1.36. The first kappa shape index (κ1) is 21.7. The molecule has 9 heteroatoms. The fourth-order valence-electron chi connectivity index (χ4n) is 2.18. The van der Waals surface area contributed by atoms with Crippen molar-refractivity contribution < 1.29 is 13.2 Å². The van der Waals surface area contributed by atoms with Gasteiger partial charge in [-0.15, -0.1) is 35.3 Å². The molecular formula is C16H20F3IN4S. The van der Waals surface area contributed by atoms with Gasteiger partial charge in [0.1, 0.15) is 0 Å². The van der Waals surface area contributed by atoms with Gasteiger partial charge in [-0.2, -0.15) is 13.2 Å². The highest BCUT2D eigenvalue weighted by molar-refractivity contribution is 14.0. The Morgan fingerprint density at radius 2 is 1.92 bits per heavy atom. The van der Waals surface area contributed by atoms with E-state index >= 15 is 0 Å². The number of nitrogens with zero attached hydrogens (tertiary/aromatic N) is 3. The smallest absolute Gasteiger partial charge is 0.352 e. The zero-order valence-electron chi connectivity index (χ0n) is 14.1. The standard InChI is InChI=1S/C16H19F3N4S.HI/c1-11-22-14(10-24-11)9-23(3)15(20-2)21-8-12-4-6-13(7-5-12)16(17,18)19;/h4-7,10H,8-9H2,1-3H3,(H,20,21);1H. The number of alkyl halides is 3. The molecular weight excluding hydrogens is 464 g/mol. The second kappa shape index (κ2) is 9.37. The third kappa shape index (κ3) is 6.46. The lowest BCUT2D eigenvalue weighted by molar-refractivity contribution is -0.137. The summed E-state index contributed by atoms with van der Waals surface area (Å²) < 4.78 is 37.7. The van der Waals surface area contributed by atoms with Crippen LogP contribution in [0.15, 0.2) is 34.6 Å². The summed E-state index contributed by atoms with van der Waals surface area (Å²) in [5.41, 5.74) is 1.06. The zero-order chi connectivity index (χ0) is 17.7. The molecule has 0 aliphatic carbocycles. The molecule has 1 N–H and O–H groups in total. The first-order chi connectivity index (χ1) is 11.3. The maximum absolute atomic E-state index is 12.6. The summed E-state index contributed by atoms with van der Waals surface area (Å²) in [6, 6.07) is 5.10. The maximum atomic E-state index is 12.6. The minimum atomic E-state index is -4.31. The quantitative estimate of drug-likeness (QED) is 0.400. The number of nitrogens with one attached hydrogen (secondary N) is 1.